The van der Waals surface area contributed by atoms with Gasteiger partial charge in [0.15, 0.2) is 11.5 Å². The first-order valence-corrected chi connectivity index (χ1v) is 7.34. The Morgan fingerprint density at radius 3 is 2.91 bits per heavy atom. The Morgan fingerprint density at radius 1 is 1.32 bits per heavy atom. The molecule has 3 amide bonds. The zero-order valence-electron chi connectivity index (χ0n) is 12.2. The van der Waals surface area contributed by atoms with Crippen molar-refractivity contribution in [1.29, 1.82) is 0 Å². The largest absolute Gasteiger partial charge is 0.454 e. The van der Waals surface area contributed by atoms with E-state index in [2.05, 4.69) is 5.32 Å². The lowest BCUT2D eigenvalue weighted by Crippen LogP contribution is -2.40. The Bertz CT molecular complexity index is 590. The molecule has 0 saturated carbocycles. The van der Waals surface area contributed by atoms with Gasteiger partial charge in [0.2, 0.25) is 12.7 Å². The zero-order valence-corrected chi connectivity index (χ0v) is 12.2. The predicted octanol–water partition coefficient (Wildman–Crippen LogP) is 0.475. The summed E-state index contributed by atoms with van der Waals surface area (Å²) in [5.41, 5.74) is 6.33. The summed E-state index contributed by atoms with van der Waals surface area (Å²) >= 11 is 0. The first-order valence-electron chi connectivity index (χ1n) is 7.34. The first kappa shape index (κ1) is 14.5. The fourth-order valence-corrected chi connectivity index (χ4v) is 2.70. The number of primary amides is 1. The average Bonchev–Trinajstić information content (AvgIpc) is 3.16. The number of hydrogen-bond acceptors (Lipinski definition) is 4. The molecule has 3 N–H and O–H groups in total. The molecule has 2 aliphatic heterocycles. The minimum absolute atomic E-state index is 0.149. The molecule has 1 atom stereocenters. The maximum absolute atomic E-state index is 12.0. The van der Waals surface area contributed by atoms with Crippen LogP contribution in [0.25, 0.3) is 0 Å². The van der Waals surface area contributed by atoms with Gasteiger partial charge < -0.3 is 25.4 Å². The summed E-state index contributed by atoms with van der Waals surface area (Å²) in [5, 5.41) is 2.86. The van der Waals surface area contributed by atoms with Crippen LogP contribution in [-0.4, -0.2) is 43.3 Å². The van der Waals surface area contributed by atoms with Crippen LogP contribution in [0.1, 0.15) is 12.0 Å². The summed E-state index contributed by atoms with van der Waals surface area (Å²) in [5.74, 6) is 0.935. The lowest BCUT2D eigenvalue weighted by Gasteiger charge is -2.16. The van der Waals surface area contributed by atoms with Gasteiger partial charge in [0.25, 0.3) is 0 Å². The fraction of sp³-hybridized carbons (Fsp3) is 0.467. The summed E-state index contributed by atoms with van der Waals surface area (Å²) in [6.45, 7) is 1.76. The van der Waals surface area contributed by atoms with Crippen LogP contribution in [0, 0.1) is 5.92 Å². The molecule has 0 radical (unpaired) electrons. The third kappa shape index (κ3) is 3.08. The molecule has 1 aromatic rings. The highest BCUT2D eigenvalue weighted by Gasteiger charge is 2.29. The molecule has 3 rings (SSSR count). The molecular weight excluding hydrogens is 286 g/mol. The average molecular weight is 305 g/mol. The number of ether oxygens (including phenoxy) is 2. The molecule has 7 heteroatoms. The van der Waals surface area contributed by atoms with Gasteiger partial charge in [-0.25, -0.2) is 4.79 Å². The van der Waals surface area contributed by atoms with Crippen molar-refractivity contribution in [2.45, 2.75) is 12.8 Å². The fourth-order valence-electron chi connectivity index (χ4n) is 2.70. The molecule has 22 heavy (non-hydrogen) atoms. The smallest absolute Gasteiger partial charge is 0.317 e. The van der Waals surface area contributed by atoms with E-state index in [9.17, 15) is 9.59 Å². The van der Waals surface area contributed by atoms with Gasteiger partial charge in [-0.3, -0.25) is 4.79 Å². The third-order valence-electron chi connectivity index (χ3n) is 4.00. The van der Waals surface area contributed by atoms with E-state index in [1.165, 1.54) is 0 Å². The van der Waals surface area contributed by atoms with Gasteiger partial charge in [0.1, 0.15) is 0 Å². The number of fused-ring (bicyclic) bond motifs is 1. The van der Waals surface area contributed by atoms with Gasteiger partial charge in [0, 0.05) is 19.6 Å². The highest BCUT2D eigenvalue weighted by atomic mass is 16.7. The van der Waals surface area contributed by atoms with Gasteiger partial charge in [-0.05, 0) is 30.5 Å². The highest BCUT2D eigenvalue weighted by Crippen LogP contribution is 2.32. The van der Waals surface area contributed by atoms with Gasteiger partial charge >= 0.3 is 6.03 Å². The molecule has 0 bridgehead atoms. The number of carbonyl (C=O) groups is 2. The summed E-state index contributed by atoms with van der Waals surface area (Å²) in [7, 11) is 0. The van der Waals surface area contributed by atoms with Gasteiger partial charge in [-0.15, -0.1) is 0 Å². The van der Waals surface area contributed by atoms with Gasteiger partial charge in [0.05, 0.1) is 5.92 Å². The number of amides is 3. The third-order valence-corrected chi connectivity index (χ3v) is 4.00. The van der Waals surface area contributed by atoms with Crippen LogP contribution >= 0.6 is 0 Å². The van der Waals surface area contributed by atoms with Crippen molar-refractivity contribution >= 4 is 11.9 Å². The highest BCUT2D eigenvalue weighted by molar-refractivity contribution is 5.80. The Balaban J connectivity index is 1.45. The van der Waals surface area contributed by atoms with E-state index in [1.807, 2.05) is 18.2 Å². The Hall–Kier alpha value is -2.44. The van der Waals surface area contributed by atoms with Crippen molar-refractivity contribution in [2.75, 3.05) is 26.4 Å². The number of rotatable bonds is 4. The lowest BCUT2D eigenvalue weighted by atomic mass is 10.1. The Morgan fingerprint density at radius 2 is 2.14 bits per heavy atom. The Labute approximate surface area is 128 Å². The second-order valence-electron chi connectivity index (χ2n) is 5.50. The van der Waals surface area contributed by atoms with Crippen molar-refractivity contribution in [3.8, 4) is 11.5 Å². The Kier molecular flexibility index (Phi) is 4.04. The monoisotopic (exact) mass is 305 g/mol. The number of nitrogens with two attached hydrogens (primary N) is 1. The standard InChI is InChI=1S/C15H19N3O4/c16-14(19)11-4-6-18(8-11)15(20)17-5-3-10-1-2-12-13(7-10)22-9-21-12/h1-2,7,11H,3-6,8-9H2,(H2,16,19)(H,17,20). The summed E-state index contributed by atoms with van der Waals surface area (Å²) in [6.07, 6.45) is 1.35. The maximum atomic E-state index is 12.0. The topological polar surface area (TPSA) is 93.9 Å². The van der Waals surface area contributed by atoms with Crippen LogP contribution in [0.2, 0.25) is 0 Å². The number of nitrogens with zero attached hydrogens (tertiary/aromatic N) is 1. The molecule has 1 saturated heterocycles. The van der Waals surface area contributed by atoms with Crippen LogP contribution in [0.15, 0.2) is 18.2 Å². The van der Waals surface area contributed by atoms with Crippen molar-refractivity contribution in [3.63, 3.8) is 0 Å². The molecule has 0 aromatic heterocycles. The van der Waals surface area contributed by atoms with E-state index >= 15 is 0 Å². The maximum Gasteiger partial charge on any atom is 0.317 e. The molecule has 1 unspecified atom stereocenters. The van der Waals surface area contributed by atoms with E-state index in [0.717, 1.165) is 17.1 Å². The number of urea groups is 1. The van der Waals surface area contributed by atoms with E-state index in [4.69, 9.17) is 15.2 Å². The molecule has 0 aliphatic carbocycles. The van der Waals surface area contributed by atoms with Crippen LogP contribution in [0.4, 0.5) is 4.79 Å². The van der Waals surface area contributed by atoms with Crippen molar-refractivity contribution < 1.29 is 19.1 Å². The molecular formula is C15H19N3O4. The van der Waals surface area contributed by atoms with Crippen molar-refractivity contribution in [3.05, 3.63) is 23.8 Å². The summed E-state index contributed by atoms with van der Waals surface area (Å²) < 4.78 is 10.6. The van der Waals surface area contributed by atoms with E-state index in [0.29, 0.717) is 32.5 Å². The normalized spacial score (nSPS) is 19.3. The van der Waals surface area contributed by atoms with Gasteiger partial charge in [-0.2, -0.15) is 0 Å². The zero-order chi connectivity index (χ0) is 15.5. The minimum atomic E-state index is -0.337. The second kappa shape index (κ2) is 6.13. The quantitative estimate of drug-likeness (QED) is 0.845. The molecule has 1 fully saturated rings. The molecule has 2 aliphatic rings. The van der Waals surface area contributed by atoms with Gasteiger partial charge in [-0.1, -0.05) is 6.07 Å². The molecule has 118 valence electrons. The number of hydrogen-bond donors (Lipinski definition) is 2. The number of likely N-dealkylation sites (tertiary alicyclic amines) is 1. The molecule has 1 aromatic carbocycles. The number of nitrogens with one attached hydrogen (secondary N) is 1. The number of benzene rings is 1. The van der Waals surface area contributed by atoms with E-state index in [-0.39, 0.29) is 24.6 Å². The summed E-state index contributed by atoms with van der Waals surface area (Å²) in [6, 6.07) is 5.60. The molecule has 2 heterocycles. The SMILES string of the molecule is NC(=O)C1CCN(C(=O)NCCc2ccc3c(c2)OCO3)C1. The second-order valence-corrected chi connectivity index (χ2v) is 5.50. The van der Waals surface area contributed by atoms with E-state index < -0.39 is 0 Å². The van der Waals surface area contributed by atoms with E-state index in [1.54, 1.807) is 4.90 Å². The molecule has 7 nitrogen and oxygen atoms in total. The van der Waals surface area contributed by atoms with Crippen LogP contribution in [0.5, 0.6) is 11.5 Å². The summed E-state index contributed by atoms with van der Waals surface area (Å²) in [4.78, 5) is 24.7. The lowest BCUT2D eigenvalue weighted by molar-refractivity contribution is -0.121. The molecule has 0 spiro atoms. The van der Waals surface area contributed by atoms with Crippen LogP contribution in [-0.2, 0) is 11.2 Å². The van der Waals surface area contributed by atoms with Crippen LogP contribution < -0.4 is 20.5 Å². The van der Waals surface area contributed by atoms with Crippen LogP contribution in [0.3, 0.4) is 0 Å². The number of carbonyl (C=O) groups excluding carboxylic acids is 2. The first-order chi connectivity index (χ1) is 10.6. The van der Waals surface area contributed by atoms with Crippen molar-refractivity contribution in [1.82, 2.24) is 10.2 Å². The predicted molar refractivity (Wildman–Crippen MR) is 78.5 cm³/mol. The van der Waals surface area contributed by atoms with Crippen molar-refractivity contribution in [2.24, 2.45) is 11.7 Å². The minimum Gasteiger partial charge on any atom is -0.454 e.